The highest BCUT2D eigenvalue weighted by molar-refractivity contribution is 7.92. The molecule has 0 radical (unpaired) electrons. The number of nitro benzene ring substituents is 1. The van der Waals surface area contributed by atoms with Gasteiger partial charge in [-0.2, -0.15) is 5.10 Å². The van der Waals surface area contributed by atoms with Gasteiger partial charge in [-0.05, 0) is 35.7 Å². The van der Waals surface area contributed by atoms with Crippen LogP contribution in [0.25, 0.3) is 11.3 Å². The number of nitro groups is 1. The maximum Gasteiger partial charge on any atom is 0.270 e. The highest BCUT2D eigenvalue weighted by atomic mass is 32.2. The van der Waals surface area contributed by atoms with Crippen molar-refractivity contribution in [3.8, 4) is 17.0 Å². The maximum atomic E-state index is 13.0. The molecule has 1 N–H and O–H groups in total. The molecule has 0 aliphatic carbocycles. The molecule has 10 heteroatoms. The molecule has 0 fully saturated rings. The number of non-ortho nitro benzene ring substituents is 1. The number of aryl methyl sites for hydroxylation is 1. The van der Waals surface area contributed by atoms with Gasteiger partial charge in [-0.15, -0.1) is 0 Å². The van der Waals surface area contributed by atoms with Crippen molar-refractivity contribution in [2.45, 2.75) is 31.1 Å². The van der Waals surface area contributed by atoms with Gasteiger partial charge in [-0.3, -0.25) is 19.5 Å². The van der Waals surface area contributed by atoms with E-state index in [1.807, 2.05) is 27.0 Å². The summed E-state index contributed by atoms with van der Waals surface area (Å²) in [6.45, 7) is 5.98. The first kappa shape index (κ1) is 22.3. The monoisotopic (exact) mass is 444 g/mol. The molecule has 0 saturated heterocycles. The van der Waals surface area contributed by atoms with E-state index in [0.717, 1.165) is 5.56 Å². The second-order valence-electron chi connectivity index (χ2n) is 8.08. The van der Waals surface area contributed by atoms with Crippen LogP contribution in [0.15, 0.2) is 53.6 Å². The molecule has 1 heterocycles. The van der Waals surface area contributed by atoms with E-state index in [1.165, 1.54) is 37.4 Å². The summed E-state index contributed by atoms with van der Waals surface area (Å²) in [4.78, 5) is 10.9. The molecule has 164 valence electrons. The van der Waals surface area contributed by atoms with Crippen molar-refractivity contribution in [1.29, 1.82) is 0 Å². The molecule has 0 bridgehead atoms. The fourth-order valence-corrected chi connectivity index (χ4v) is 4.21. The molecule has 0 aliphatic rings. The summed E-state index contributed by atoms with van der Waals surface area (Å²) in [6.07, 6.45) is 1.83. The second kappa shape index (κ2) is 8.03. The summed E-state index contributed by atoms with van der Waals surface area (Å²) in [5.74, 6) is 0.526. The highest BCUT2D eigenvalue weighted by Gasteiger charge is 2.26. The average Bonchev–Trinajstić information content (AvgIpc) is 3.10. The van der Waals surface area contributed by atoms with E-state index in [2.05, 4.69) is 9.82 Å². The Morgan fingerprint density at radius 1 is 1.13 bits per heavy atom. The number of anilines is 1. The SMILES string of the molecule is COc1ccc(S(=O)(=O)Nc2ccc([N+](=O)[O-])cc2-c2nn(C)cc2C(C)(C)C)cc1. The van der Waals surface area contributed by atoms with Gasteiger partial charge < -0.3 is 4.74 Å². The fourth-order valence-electron chi connectivity index (χ4n) is 3.13. The number of methoxy groups -OCH3 is 1. The van der Waals surface area contributed by atoms with Crippen LogP contribution in [0.2, 0.25) is 0 Å². The molecule has 0 saturated carbocycles. The maximum absolute atomic E-state index is 13.0. The molecule has 0 amide bonds. The highest BCUT2D eigenvalue weighted by Crippen LogP contribution is 2.38. The van der Waals surface area contributed by atoms with Crippen LogP contribution >= 0.6 is 0 Å². The van der Waals surface area contributed by atoms with Gasteiger partial charge in [0.15, 0.2) is 0 Å². The Morgan fingerprint density at radius 3 is 2.32 bits per heavy atom. The number of rotatable bonds is 6. The molecule has 31 heavy (non-hydrogen) atoms. The van der Waals surface area contributed by atoms with E-state index in [1.54, 1.807) is 23.9 Å². The lowest BCUT2D eigenvalue weighted by atomic mass is 9.85. The first-order valence-corrected chi connectivity index (χ1v) is 10.9. The standard InChI is InChI=1S/C21H24N4O5S/c1-21(2,3)18-13-24(4)22-20(18)17-12-14(25(26)27)6-11-19(17)23-31(28,29)16-9-7-15(30-5)8-10-16/h6-13,23H,1-5H3. The van der Waals surface area contributed by atoms with Crippen molar-refractivity contribution in [3.05, 3.63) is 64.3 Å². The van der Waals surface area contributed by atoms with Gasteiger partial charge in [-0.1, -0.05) is 20.8 Å². The van der Waals surface area contributed by atoms with E-state index in [9.17, 15) is 18.5 Å². The Labute approximate surface area is 180 Å². The average molecular weight is 445 g/mol. The number of nitrogens with zero attached hydrogens (tertiary/aromatic N) is 3. The first-order chi connectivity index (χ1) is 14.4. The van der Waals surface area contributed by atoms with Crippen LogP contribution in [0.3, 0.4) is 0 Å². The first-order valence-electron chi connectivity index (χ1n) is 9.42. The van der Waals surface area contributed by atoms with Crippen LogP contribution in [-0.2, 0) is 22.5 Å². The lowest BCUT2D eigenvalue weighted by Crippen LogP contribution is -2.15. The minimum atomic E-state index is -3.95. The van der Waals surface area contributed by atoms with Crippen LogP contribution in [-0.4, -0.2) is 30.2 Å². The summed E-state index contributed by atoms with van der Waals surface area (Å²) in [5, 5.41) is 15.9. The largest absolute Gasteiger partial charge is 0.497 e. The van der Waals surface area contributed by atoms with Gasteiger partial charge in [0, 0.05) is 36.5 Å². The van der Waals surface area contributed by atoms with Crippen molar-refractivity contribution in [1.82, 2.24) is 9.78 Å². The van der Waals surface area contributed by atoms with Gasteiger partial charge in [-0.25, -0.2) is 8.42 Å². The smallest absolute Gasteiger partial charge is 0.270 e. The second-order valence-corrected chi connectivity index (χ2v) is 9.77. The van der Waals surface area contributed by atoms with Crippen molar-refractivity contribution < 1.29 is 18.1 Å². The fraction of sp³-hybridized carbons (Fsp3) is 0.286. The molecule has 0 atom stereocenters. The Morgan fingerprint density at radius 2 is 1.77 bits per heavy atom. The summed E-state index contributed by atoms with van der Waals surface area (Å²) in [6, 6.07) is 9.92. The van der Waals surface area contributed by atoms with E-state index < -0.39 is 14.9 Å². The Hall–Kier alpha value is -3.40. The van der Waals surface area contributed by atoms with Crippen LogP contribution in [0, 0.1) is 10.1 Å². The van der Waals surface area contributed by atoms with Crippen LogP contribution < -0.4 is 9.46 Å². The molecule has 3 rings (SSSR count). The van der Waals surface area contributed by atoms with E-state index in [-0.39, 0.29) is 21.7 Å². The van der Waals surface area contributed by atoms with Crippen molar-refractivity contribution in [2.24, 2.45) is 7.05 Å². The Kier molecular flexibility index (Phi) is 5.77. The summed E-state index contributed by atoms with van der Waals surface area (Å²) in [5.41, 5.74) is 1.36. The lowest BCUT2D eigenvalue weighted by Gasteiger charge is -2.19. The molecule has 2 aromatic carbocycles. The van der Waals surface area contributed by atoms with Crippen molar-refractivity contribution >= 4 is 21.4 Å². The Balaban J connectivity index is 2.15. The number of aromatic nitrogens is 2. The van der Waals surface area contributed by atoms with Gasteiger partial charge >= 0.3 is 0 Å². The number of hydrogen-bond donors (Lipinski definition) is 1. The summed E-state index contributed by atoms with van der Waals surface area (Å²) >= 11 is 0. The lowest BCUT2D eigenvalue weighted by molar-refractivity contribution is -0.384. The zero-order valence-electron chi connectivity index (χ0n) is 17.9. The third kappa shape index (κ3) is 4.69. The predicted octanol–water partition coefficient (Wildman–Crippen LogP) is 4.10. The van der Waals surface area contributed by atoms with Gasteiger partial charge in [0.2, 0.25) is 0 Å². The Bertz CT molecular complexity index is 1230. The molecule has 0 aliphatic heterocycles. The van der Waals surface area contributed by atoms with Gasteiger partial charge in [0.1, 0.15) is 5.75 Å². The molecular weight excluding hydrogens is 420 g/mol. The topological polar surface area (TPSA) is 116 Å². The molecule has 9 nitrogen and oxygen atoms in total. The summed E-state index contributed by atoms with van der Waals surface area (Å²) in [7, 11) is -0.715. The van der Waals surface area contributed by atoms with Gasteiger partial charge in [0.25, 0.3) is 15.7 Å². The molecular formula is C21H24N4O5S. The number of hydrogen-bond acceptors (Lipinski definition) is 6. The van der Waals surface area contributed by atoms with E-state index >= 15 is 0 Å². The van der Waals surface area contributed by atoms with Crippen molar-refractivity contribution in [2.75, 3.05) is 11.8 Å². The quantitative estimate of drug-likeness (QED) is 0.452. The molecule has 3 aromatic rings. The number of ether oxygens (including phenoxy) is 1. The minimum Gasteiger partial charge on any atom is -0.497 e. The molecule has 0 spiro atoms. The zero-order valence-corrected chi connectivity index (χ0v) is 18.7. The molecule has 0 unspecified atom stereocenters. The number of sulfonamides is 1. The predicted molar refractivity (Wildman–Crippen MR) is 118 cm³/mol. The third-order valence-corrected chi connectivity index (χ3v) is 6.10. The minimum absolute atomic E-state index is 0.0367. The van der Waals surface area contributed by atoms with E-state index in [0.29, 0.717) is 17.0 Å². The van der Waals surface area contributed by atoms with E-state index in [4.69, 9.17) is 4.74 Å². The number of benzene rings is 2. The zero-order chi connectivity index (χ0) is 23.0. The van der Waals surface area contributed by atoms with Crippen LogP contribution in [0.5, 0.6) is 5.75 Å². The van der Waals surface area contributed by atoms with Crippen molar-refractivity contribution in [3.63, 3.8) is 0 Å². The van der Waals surface area contributed by atoms with Crippen LogP contribution in [0.4, 0.5) is 11.4 Å². The van der Waals surface area contributed by atoms with Crippen LogP contribution in [0.1, 0.15) is 26.3 Å². The third-order valence-electron chi connectivity index (χ3n) is 4.72. The normalized spacial score (nSPS) is 11.9. The number of nitrogens with one attached hydrogen (secondary N) is 1. The van der Waals surface area contributed by atoms with Gasteiger partial charge in [0.05, 0.1) is 28.3 Å². The summed E-state index contributed by atoms with van der Waals surface area (Å²) < 4.78 is 35.2. The molecule has 1 aromatic heterocycles.